The molecule has 1 amide bonds. The van der Waals surface area contributed by atoms with Crippen molar-refractivity contribution in [3.63, 3.8) is 0 Å². The van der Waals surface area contributed by atoms with E-state index in [0.717, 1.165) is 5.56 Å². The summed E-state index contributed by atoms with van der Waals surface area (Å²) in [4.78, 5) is 24.7. The van der Waals surface area contributed by atoms with Crippen LogP contribution in [0.4, 0.5) is 0 Å². The summed E-state index contributed by atoms with van der Waals surface area (Å²) in [5, 5.41) is 24.8. The standard InChI is InChI=1S/C20H22N2O5/c23-15-7-3-13(4-8-15)12-17-20(26)27-11-1-2-18(21-17)22-19(25)14-5-9-16(24)10-6-14/h3-10,17-18,21,23-24H,1-2,11-12H2,(H,22,25)/t17-,18?/m0/s1. The van der Waals surface area contributed by atoms with Gasteiger partial charge in [0.05, 0.1) is 12.8 Å². The van der Waals surface area contributed by atoms with Crippen LogP contribution in [-0.2, 0) is 16.0 Å². The Morgan fingerprint density at radius 3 is 2.37 bits per heavy atom. The van der Waals surface area contributed by atoms with E-state index in [1.807, 2.05) is 0 Å². The third kappa shape index (κ3) is 5.21. The summed E-state index contributed by atoms with van der Waals surface area (Å²) in [7, 11) is 0. The molecular formula is C20H22N2O5. The number of nitrogens with one attached hydrogen (secondary N) is 2. The maximum Gasteiger partial charge on any atom is 0.323 e. The first-order valence-corrected chi connectivity index (χ1v) is 8.82. The van der Waals surface area contributed by atoms with Crippen LogP contribution in [0.5, 0.6) is 11.5 Å². The molecule has 1 fully saturated rings. The van der Waals surface area contributed by atoms with Crippen LogP contribution in [0.25, 0.3) is 0 Å². The second-order valence-electron chi connectivity index (χ2n) is 6.47. The van der Waals surface area contributed by atoms with Gasteiger partial charge in [-0.05, 0) is 61.2 Å². The highest BCUT2D eigenvalue weighted by atomic mass is 16.5. The minimum Gasteiger partial charge on any atom is -0.508 e. The second kappa shape index (κ2) is 8.55. The van der Waals surface area contributed by atoms with Crippen LogP contribution in [0.2, 0.25) is 0 Å². The normalized spacial score (nSPS) is 20.2. The lowest BCUT2D eigenvalue weighted by atomic mass is 10.0. The molecule has 0 spiro atoms. The highest BCUT2D eigenvalue weighted by molar-refractivity contribution is 5.94. The number of carbonyl (C=O) groups excluding carboxylic acids is 2. The molecule has 2 atom stereocenters. The van der Waals surface area contributed by atoms with Crippen molar-refractivity contribution in [3.8, 4) is 11.5 Å². The number of phenols is 2. The molecule has 3 rings (SSSR count). The SMILES string of the molecule is O=C(NC1CCCOC(=O)[C@H](Cc2ccc(O)cc2)N1)c1ccc(O)cc1. The Kier molecular flexibility index (Phi) is 5.93. The Labute approximate surface area is 157 Å². The number of ether oxygens (including phenoxy) is 1. The van der Waals surface area contributed by atoms with Crippen LogP contribution >= 0.6 is 0 Å². The van der Waals surface area contributed by atoms with Crippen molar-refractivity contribution in [1.29, 1.82) is 0 Å². The van der Waals surface area contributed by atoms with E-state index in [-0.39, 0.29) is 29.5 Å². The van der Waals surface area contributed by atoms with Gasteiger partial charge >= 0.3 is 5.97 Å². The van der Waals surface area contributed by atoms with Crippen LogP contribution < -0.4 is 10.6 Å². The molecule has 1 aliphatic heterocycles. The Hall–Kier alpha value is -3.06. The molecule has 0 aliphatic carbocycles. The third-order valence-corrected chi connectivity index (χ3v) is 4.38. The van der Waals surface area contributed by atoms with Crippen LogP contribution in [0.15, 0.2) is 48.5 Å². The van der Waals surface area contributed by atoms with E-state index in [1.54, 1.807) is 24.3 Å². The van der Waals surface area contributed by atoms with Crippen molar-refractivity contribution >= 4 is 11.9 Å². The first-order valence-electron chi connectivity index (χ1n) is 8.82. The quantitative estimate of drug-likeness (QED) is 0.610. The van der Waals surface area contributed by atoms with Gasteiger partial charge in [0.1, 0.15) is 17.5 Å². The molecule has 2 aromatic rings. The molecule has 0 radical (unpaired) electrons. The van der Waals surface area contributed by atoms with E-state index in [4.69, 9.17) is 4.74 Å². The predicted molar refractivity (Wildman–Crippen MR) is 98.3 cm³/mol. The van der Waals surface area contributed by atoms with Crippen molar-refractivity contribution < 1.29 is 24.5 Å². The number of rotatable bonds is 4. The smallest absolute Gasteiger partial charge is 0.323 e. The van der Waals surface area contributed by atoms with E-state index < -0.39 is 6.04 Å². The molecule has 1 unspecified atom stereocenters. The van der Waals surface area contributed by atoms with Gasteiger partial charge in [-0.1, -0.05) is 12.1 Å². The Bertz CT molecular complexity index is 789. The Morgan fingerprint density at radius 2 is 1.70 bits per heavy atom. The first-order chi connectivity index (χ1) is 13.0. The van der Waals surface area contributed by atoms with Gasteiger partial charge < -0.3 is 20.3 Å². The van der Waals surface area contributed by atoms with E-state index in [0.29, 0.717) is 31.4 Å². The topological polar surface area (TPSA) is 108 Å². The molecule has 4 N–H and O–H groups in total. The fourth-order valence-electron chi connectivity index (χ4n) is 2.93. The number of esters is 1. The van der Waals surface area contributed by atoms with Crippen LogP contribution in [-0.4, -0.2) is 40.9 Å². The second-order valence-corrected chi connectivity index (χ2v) is 6.47. The number of hydrogen-bond donors (Lipinski definition) is 4. The fourth-order valence-corrected chi connectivity index (χ4v) is 2.93. The van der Waals surface area contributed by atoms with Gasteiger partial charge in [0.15, 0.2) is 0 Å². The lowest BCUT2D eigenvalue weighted by Crippen LogP contribution is -2.54. The number of benzene rings is 2. The molecule has 27 heavy (non-hydrogen) atoms. The lowest BCUT2D eigenvalue weighted by Gasteiger charge is -2.28. The fraction of sp³-hybridized carbons (Fsp3) is 0.300. The molecule has 1 saturated heterocycles. The van der Waals surface area contributed by atoms with E-state index in [2.05, 4.69) is 10.6 Å². The number of carbonyl (C=O) groups is 2. The van der Waals surface area contributed by atoms with Crippen LogP contribution in [0.1, 0.15) is 28.8 Å². The highest BCUT2D eigenvalue weighted by Crippen LogP contribution is 2.14. The minimum atomic E-state index is -0.611. The van der Waals surface area contributed by atoms with Crippen LogP contribution in [0.3, 0.4) is 0 Å². The number of amides is 1. The van der Waals surface area contributed by atoms with Gasteiger partial charge in [-0.3, -0.25) is 14.9 Å². The summed E-state index contributed by atoms with van der Waals surface area (Å²) in [5.74, 6) is -0.408. The van der Waals surface area contributed by atoms with E-state index >= 15 is 0 Å². The maximum absolute atomic E-state index is 12.4. The molecule has 0 bridgehead atoms. The van der Waals surface area contributed by atoms with Gasteiger partial charge in [0.25, 0.3) is 5.91 Å². The zero-order valence-electron chi connectivity index (χ0n) is 14.7. The number of cyclic esters (lactones) is 1. The van der Waals surface area contributed by atoms with Gasteiger partial charge in [0.2, 0.25) is 0 Å². The van der Waals surface area contributed by atoms with Crippen molar-refractivity contribution in [2.24, 2.45) is 0 Å². The molecule has 0 saturated carbocycles. The summed E-state index contributed by atoms with van der Waals surface area (Å²) in [6.45, 7) is 0.304. The zero-order valence-corrected chi connectivity index (χ0v) is 14.7. The largest absolute Gasteiger partial charge is 0.508 e. The summed E-state index contributed by atoms with van der Waals surface area (Å²) in [5.41, 5.74) is 1.29. The summed E-state index contributed by atoms with van der Waals surface area (Å²) in [6, 6.07) is 12.0. The average molecular weight is 370 g/mol. The summed E-state index contributed by atoms with van der Waals surface area (Å²) >= 11 is 0. The van der Waals surface area contributed by atoms with Gasteiger partial charge in [-0.15, -0.1) is 0 Å². The number of aromatic hydroxyl groups is 2. The first kappa shape index (κ1) is 18.7. The van der Waals surface area contributed by atoms with Gasteiger partial charge in [-0.2, -0.15) is 0 Å². The monoisotopic (exact) mass is 370 g/mol. The zero-order chi connectivity index (χ0) is 19.2. The molecular weight excluding hydrogens is 348 g/mol. The van der Waals surface area contributed by atoms with Gasteiger partial charge in [0, 0.05) is 5.56 Å². The van der Waals surface area contributed by atoms with Crippen molar-refractivity contribution in [2.45, 2.75) is 31.5 Å². The van der Waals surface area contributed by atoms with E-state index in [1.165, 1.54) is 24.3 Å². The average Bonchev–Trinajstić information content (AvgIpc) is 2.65. The lowest BCUT2D eigenvalue weighted by molar-refractivity contribution is -0.147. The highest BCUT2D eigenvalue weighted by Gasteiger charge is 2.27. The molecule has 1 aliphatic rings. The molecule has 1 heterocycles. The summed E-state index contributed by atoms with van der Waals surface area (Å²) < 4.78 is 5.25. The molecule has 7 heteroatoms. The third-order valence-electron chi connectivity index (χ3n) is 4.38. The van der Waals surface area contributed by atoms with Gasteiger partial charge in [-0.25, -0.2) is 0 Å². The van der Waals surface area contributed by atoms with Crippen molar-refractivity contribution in [3.05, 3.63) is 59.7 Å². The molecule has 0 aromatic heterocycles. The minimum absolute atomic E-state index is 0.0901. The number of phenolic OH excluding ortho intramolecular Hbond substituents is 2. The molecule has 2 aromatic carbocycles. The van der Waals surface area contributed by atoms with Crippen LogP contribution in [0, 0.1) is 0 Å². The molecule has 142 valence electrons. The Morgan fingerprint density at radius 1 is 1.07 bits per heavy atom. The number of hydrogen-bond acceptors (Lipinski definition) is 6. The summed E-state index contributed by atoms with van der Waals surface area (Å²) in [6.07, 6.45) is 1.24. The van der Waals surface area contributed by atoms with Crippen molar-refractivity contribution in [1.82, 2.24) is 10.6 Å². The van der Waals surface area contributed by atoms with Crippen molar-refractivity contribution in [2.75, 3.05) is 6.61 Å². The molecule has 7 nitrogen and oxygen atoms in total. The van der Waals surface area contributed by atoms with E-state index in [9.17, 15) is 19.8 Å². The maximum atomic E-state index is 12.4. The predicted octanol–water partition coefficient (Wildman–Crippen LogP) is 1.69. The Balaban J connectivity index is 1.68.